The average Bonchev–Trinajstić information content (AvgIpc) is 2.63. The molecule has 3 heteroatoms. The molecule has 68 valence electrons. The van der Waals surface area contributed by atoms with Crippen LogP contribution < -0.4 is 10.6 Å². The highest BCUT2D eigenvalue weighted by atomic mass is 16.1. The van der Waals surface area contributed by atoms with Gasteiger partial charge in [-0.3, -0.25) is 4.79 Å². The quantitative estimate of drug-likeness (QED) is 0.621. The Bertz CT molecular complexity index is 175. The Kier molecular flexibility index (Phi) is 2.30. The maximum Gasteiger partial charge on any atom is 0.220 e. The van der Waals surface area contributed by atoms with Crippen molar-refractivity contribution in [2.45, 2.75) is 31.7 Å². The maximum absolute atomic E-state index is 10.9. The number of nitrogens with one attached hydrogen (secondary N) is 2. The Morgan fingerprint density at radius 1 is 1.50 bits per heavy atom. The lowest BCUT2D eigenvalue weighted by atomic mass is 9.98. The normalized spacial score (nSPS) is 35.5. The molecule has 2 fully saturated rings. The Hall–Kier alpha value is -0.570. The van der Waals surface area contributed by atoms with Crippen LogP contribution in [-0.4, -0.2) is 25.0 Å². The van der Waals surface area contributed by atoms with Gasteiger partial charge in [-0.25, -0.2) is 0 Å². The van der Waals surface area contributed by atoms with Crippen molar-refractivity contribution >= 4 is 5.91 Å². The van der Waals surface area contributed by atoms with Crippen LogP contribution in [0.1, 0.15) is 25.7 Å². The summed E-state index contributed by atoms with van der Waals surface area (Å²) >= 11 is 0. The van der Waals surface area contributed by atoms with Gasteiger partial charge in [0.05, 0.1) is 0 Å². The predicted octanol–water partition coefficient (Wildman–Crippen LogP) is 0.265. The van der Waals surface area contributed by atoms with Crippen LogP contribution in [0.2, 0.25) is 0 Å². The molecule has 12 heavy (non-hydrogen) atoms. The van der Waals surface area contributed by atoms with E-state index in [1.807, 2.05) is 0 Å². The number of rotatable bonds is 2. The van der Waals surface area contributed by atoms with Crippen molar-refractivity contribution < 1.29 is 4.79 Å². The Morgan fingerprint density at radius 3 is 3.00 bits per heavy atom. The molecule has 0 aromatic heterocycles. The first-order valence-corrected chi connectivity index (χ1v) is 4.84. The summed E-state index contributed by atoms with van der Waals surface area (Å²) in [6.07, 6.45) is 4.53. The molecule has 2 atom stereocenters. The van der Waals surface area contributed by atoms with E-state index >= 15 is 0 Å². The van der Waals surface area contributed by atoms with Crippen LogP contribution >= 0.6 is 0 Å². The molecule has 2 rings (SSSR count). The summed E-state index contributed by atoms with van der Waals surface area (Å²) in [7, 11) is 0. The lowest BCUT2D eigenvalue weighted by Crippen LogP contribution is -2.25. The highest BCUT2D eigenvalue weighted by Gasteiger charge is 2.25. The van der Waals surface area contributed by atoms with E-state index in [-0.39, 0.29) is 5.91 Å². The summed E-state index contributed by atoms with van der Waals surface area (Å²) < 4.78 is 0. The van der Waals surface area contributed by atoms with Gasteiger partial charge in [-0.1, -0.05) is 0 Å². The van der Waals surface area contributed by atoms with Gasteiger partial charge in [0.15, 0.2) is 0 Å². The molecule has 3 nitrogen and oxygen atoms in total. The SMILES string of the molecule is O=C1CC(C[C@@H]2CCCN2)CN1. The highest BCUT2D eigenvalue weighted by Crippen LogP contribution is 2.19. The molecule has 0 radical (unpaired) electrons. The van der Waals surface area contributed by atoms with Gasteiger partial charge in [-0.15, -0.1) is 0 Å². The molecule has 1 unspecified atom stereocenters. The van der Waals surface area contributed by atoms with E-state index in [0.29, 0.717) is 12.0 Å². The molecule has 2 saturated heterocycles. The first-order chi connectivity index (χ1) is 5.84. The second-order valence-electron chi connectivity index (χ2n) is 3.90. The monoisotopic (exact) mass is 168 g/mol. The first kappa shape index (κ1) is 8.05. The molecule has 0 aromatic rings. The smallest absolute Gasteiger partial charge is 0.220 e. The van der Waals surface area contributed by atoms with Crippen LogP contribution in [0.15, 0.2) is 0 Å². The molecule has 2 N–H and O–H groups in total. The van der Waals surface area contributed by atoms with Gasteiger partial charge in [-0.2, -0.15) is 0 Å². The molecular formula is C9H16N2O. The van der Waals surface area contributed by atoms with Crippen molar-refractivity contribution in [1.29, 1.82) is 0 Å². The van der Waals surface area contributed by atoms with E-state index in [4.69, 9.17) is 0 Å². The number of amides is 1. The summed E-state index contributed by atoms with van der Waals surface area (Å²) in [5, 5.41) is 6.34. The van der Waals surface area contributed by atoms with Gasteiger partial charge in [0.25, 0.3) is 0 Å². The molecular weight excluding hydrogens is 152 g/mol. The minimum atomic E-state index is 0.234. The topological polar surface area (TPSA) is 41.1 Å². The Balaban J connectivity index is 1.75. The highest BCUT2D eigenvalue weighted by molar-refractivity contribution is 5.78. The van der Waals surface area contributed by atoms with Gasteiger partial charge >= 0.3 is 0 Å². The lowest BCUT2D eigenvalue weighted by molar-refractivity contribution is -0.119. The summed E-state index contributed by atoms with van der Waals surface area (Å²) in [4.78, 5) is 10.9. The van der Waals surface area contributed by atoms with Crippen molar-refractivity contribution in [1.82, 2.24) is 10.6 Å². The fraction of sp³-hybridized carbons (Fsp3) is 0.889. The van der Waals surface area contributed by atoms with Crippen molar-refractivity contribution in [2.75, 3.05) is 13.1 Å². The van der Waals surface area contributed by atoms with Crippen LogP contribution in [0.3, 0.4) is 0 Å². The molecule has 2 aliphatic heterocycles. The first-order valence-electron chi connectivity index (χ1n) is 4.84. The standard InChI is InChI=1S/C9H16N2O/c12-9-5-7(6-11-9)4-8-2-1-3-10-8/h7-8,10H,1-6H2,(H,11,12)/t7?,8-/m0/s1. The number of carbonyl (C=O) groups excluding carboxylic acids is 1. The van der Waals surface area contributed by atoms with Gasteiger partial charge in [0, 0.05) is 19.0 Å². The van der Waals surface area contributed by atoms with Crippen LogP contribution in [0.4, 0.5) is 0 Å². The van der Waals surface area contributed by atoms with Crippen LogP contribution in [0.25, 0.3) is 0 Å². The Labute approximate surface area is 72.9 Å². The molecule has 1 amide bonds. The average molecular weight is 168 g/mol. The minimum Gasteiger partial charge on any atom is -0.356 e. The lowest BCUT2D eigenvalue weighted by Gasteiger charge is -2.13. The number of carbonyl (C=O) groups is 1. The minimum absolute atomic E-state index is 0.234. The summed E-state index contributed by atoms with van der Waals surface area (Å²) in [5.74, 6) is 0.825. The largest absolute Gasteiger partial charge is 0.356 e. The van der Waals surface area contributed by atoms with E-state index in [0.717, 1.165) is 13.0 Å². The third-order valence-electron chi connectivity index (χ3n) is 2.84. The third kappa shape index (κ3) is 1.78. The zero-order valence-electron chi connectivity index (χ0n) is 7.31. The zero-order chi connectivity index (χ0) is 8.39. The van der Waals surface area contributed by atoms with Crippen molar-refractivity contribution in [3.05, 3.63) is 0 Å². The van der Waals surface area contributed by atoms with Crippen LogP contribution in [0, 0.1) is 5.92 Å². The van der Waals surface area contributed by atoms with E-state index in [9.17, 15) is 4.79 Å². The fourth-order valence-corrected chi connectivity index (χ4v) is 2.19. The molecule has 0 aliphatic carbocycles. The molecule has 0 spiro atoms. The van der Waals surface area contributed by atoms with Gasteiger partial charge in [0.1, 0.15) is 0 Å². The molecule has 2 aliphatic rings. The van der Waals surface area contributed by atoms with E-state index in [1.165, 1.54) is 25.8 Å². The third-order valence-corrected chi connectivity index (χ3v) is 2.84. The molecule has 0 aromatic carbocycles. The van der Waals surface area contributed by atoms with Crippen molar-refractivity contribution in [3.63, 3.8) is 0 Å². The van der Waals surface area contributed by atoms with E-state index in [2.05, 4.69) is 10.6 Å². The van der Waals surface area contributed by atoms with Gasteiger partial charge in [0.2, 0.25) is 5.91 Å². The summed E-state index contributed by atoms with van der Waals surface area (Å²) in [6.45, 7) is 2.07. The van der Waals surface area contributed by atoms with Crippen molar-refractivity contribution in [2.24, 2.45) is 5.92 Å². The summed E-state index contributed by atoms with van der Waals surface area (Å²) in [6, 6.07) is 0.683. The Morgan fingerprint density at radius 2 is 2.42 bits per heavy atom. The molecule has 0 saturated carbocycles. The predicted molar refractivity (Wildman–Crippen MR) is 46.8 cm³/mol. The van der Waals surface area contributed by atoms with Gasteiger partial charge in [-0.05, 0) is 31.7 Å². The van der Waals surface area contributed by atoms with Crippen LogP contribution in [-0.2, 0) is 4.79 Å². The van der Waals surface area contributed by atoms with Gasteiger partial charge < -0.3 is 10.6 Å². The molecule has 0 bridgehead atoms. The maximum atomic E-state index is 10.9. The second kappa shape index (κ2) is 3.44. The number of hydrogen-bond donors (Lipinski definition) is 2. The number of hydrogen-bond acceptors (Lipinski definition) is 2. The fourth-order valence-electron chi connectivity index (χ4n) is 2.19. The summed E-state index contributed by atoms with van der Waals surface area (Å²) in [5.41, 5.74) is 0. The zero-order valence-corrected chi connectivity index (χ0v) is 7.31. The van der Waals surface area contributed by atoms with E-state index in [1.54, 1.807) is 0 Å². The second-order valence-corrected chi connectivity index (χ2v) is 3.90. The van der Waals surface area contributed by atoms with Crippen LogP contribution in [0.5, 0.6) is 0 Å². The van der Waals surface area contributed by atoms with E-state index < -0.39 is 0 Å². The van der Waals surface area contributed by atoms with Crippen molar-refractivity contribution in [3.8, 4) is 0 Å². The molecule has 2 heterocycles.